The second kappa shape index (κ2) is 5.38. The van der Waals surface area contributed by atoms with E-state index in [2.05, 4.69) is 0 Å². The van der Waals surface area contributed by atoms with E-state index in [4.69, 9.17) is 5.73 Å². The van der Waals surface area contributed by atoms with Gasteiger partial charge < -0.3 is 10.6 Å². The van der Waals surface area contributed by atoms with Crippen LogP contribution in [0.2, 0.25) is 0 Å². The van der Waals surface area contributed by atoms with Gasteiger partial charge in [0.15, 0.2) is 5.78 Å². The molecule has 0 aromatic heterocycles. The van der Waals surface area contributed by atoms with Gasteiger partial charge in [-0.05, 0) is 38.0 Å². The Morgan fingerprint density at radius 3 is 2.79 bits per heavy atom. The molecule has 5 heteroatoms. The third kappa shape index (κ3) is 2.92. The molecule has 0 spiro atoms. The summed E-state index contributed by atoms with van der Waals surface area (Å²) in [5.74, 6) is -1.15. The van der Waals surface area contributed by atoms with Gasteiger partial charge in [0.2, 0.25) is 5.91 Å². The second-order valence-corrected chi connectivity index (χ2v) is 4.91. The predicted octanol–water partition coefficient (Wildman–Crippen LogP) is 1.73. The molecule has 1 aromatic rings. The molecule has 1 aromatic carbocycles. The molecule has 1 amide bonds. The lowest BCUT2D eigenvalue weighted by Gasteiger charge is -2.34. The first-order chi connectivity index (χ1) is 8.99. The number of anilines is 1. The van der Waals surface area contributed by atoms with E-state index in [0.717, 1.165) is 19.4 Å². The monoisotopic (exact) mass is 264 g/mol. The van der Waals surface area contributed by atoms with Crippen LogP contribution in [0.3, 0.4) is 0 Å². The molecule has 0 aliphatic carbocycles. The minimum atomic E-state index is -0.433. The van der Waals surface area contributed by atoms with E-state index in [9.17, 15) is 14.0 Å². The number of carbonyl (C=O) groups excluding carboxylic acids is 2. The standard InChI is InChI=1S/C14H17FN2O2/c1-9(18)12-7-11(15)4-5-13(12)17-6-2-3-10(8-17)14(16)19/h4-5,7,10H,2-3,6,8H2,1H3,(H2,16,19). The van der Waals surface area contributed by atoms with Crippen LogP contribution >= 0.6 is 0 Å². The summed E-state index contributed by atoms with van der Waals surface area (Å²) in [5.41, 5.74) is 6.37. The molecule has 0 bridgehead atoms. The Hall–Kier alpha value is -1.91. The van der Waals surface area contributed by atoms with E-state index in [0.29, 0.717) is 17.8 Å². The zero-order valence-corrected chi connectivity index (χ0v) is 10.9. The Morgan fingerprint density at radius 2 is 2.16 bits per heavy atom. The van der Waals surface area contributed by atoms with Gasteiger partial charge >= 0.3 is 0 Å². The van der Waals surface area contributed by atoms with Crippen LogP contribution in [-0.2, 0) is 4.79 Å². The molecule has 2 N–H and O–H groups in total. The molecular weight excluding hydrogens is 247 g/mol. The van der Waals surface area contributed by atoms with Crippen LogP contribution in [0.25, 0.3) is 0 Å². The van der Waals surface area contributed by atoms with Crippen molar-refractivity contribution in [3.63, 3.8) is 0 Å². The maximum atomic E-state index is 13.2. The molecule has 0 saturated carbocycles. The van der Waals surface area contributed by atoms with Crippen LogP contribution in [0.5, 0.6) is 0 Å². The molecule has 1 aliphatic heterocycles. The highest BCUT2D eigenvalue weighted by Crippen LogP contribution is 2.27. The number of ketones is 1. The van der Waals surface area contributed by atoms with E-state index in [1.165, 1.54) is 19.1 Å². The van der Waals surface area contributed by atoms with Gasteiger partial charge in [0.05, 0.1) is 5.92 Å². The zero-order valence-electron chi connectivity index (χ0n) is 10.9. The summed E-state index contributed by atoms with van der Waals surface area (Å²) in [5, 5.41) is 0. The molecule has 2 rings (SSSR count). The summed E-state index contributed by atoms with van der Waals surface area (Å²) in [4.78, 5) is 24.8. The highest BCUT2D eigenvalue weighted by atomic mass is 19.1. The van der Waals surface area contributed by atoms with Crippen LogP contribution in [0.1, 0.15) is 30.1 Å². The SMILES string of the molecule is CC(=O)c1cc(F)ccc1N1CCCC(C(N)=O)C1. The number of piperidine rings is 1. The zero-order chi connectivity index (χ0) is 14.0. The smallest absolute Gasteiger partial charge is 0.222 e. The number of primary amides is 1. The van der Waals surface area contributed by atoms with Crippen molar-refractivity contribution in [2.45, 2.75) is 19.8 Å². The Balaban J connectivity index is 2.30. The minimum Gasteiger partial charge on any atom is -0.370 e. The van der Waals surface area contributed by atoms with Crippen LogP contribution < -0.4 is 10.6 Å². The number of rotatable bonds is 3. The first-order valence-corrected chi connectivity index (χ1v) is 6.34. The third-order valence-corrected chi connectivity index (χ3v) is 3.50. The number of hydrogen-bond donors (Lipinski definition) is 1. The summed E-state index contributed by atoms with van der Waals surface area (Å²) < 4.78 is 13.2. The topological polar surface area (TPSA) is 63.4 Å². The van der Waals surface area contributed by atoms with Gasteiger partial charge in [0.1, 0.15) is 5.82 Å². The number of amides is 1. The van der Waals surface area contributed by atoms with E-state index >= 15 is 0 Å². The van der Waals surface area contributed by atoms with Crippen LogP contribution in [0, 0.1) is 11.7 Å². The predicted molar refractivity (Wildman–Crippen MR) is 70.5 cm³/mol. The van der Waals surface area contributed by atoms with Crippen LogP contribution in [-0.4, -0.2) is 24.8 Å². The minimum absolute atomic E-state index is 0.185. The van der Waals surface area contributed by atoms with Gasteiger partial charge in [0.25, 0.3) is 0 Å². The Bertz CT molecular complexity index is 516. The quantitative estimate of drug-likeness (QED) is 0.846. The molecule has 1 saturated heterocycles. The second-order valence-electron chi connectivity index (χ2n) is 4.91. The number of hydrogen-bond acceptors (Lipinski definition) is 3. The molecule has 19 heavy (non-hydrogen) atoms. The molecule has 1 aliphatic rings. The fourth-order valence-electron chi connectivity index (χ4n) is 2.49. The summed E-state index contributed by atoms with van der Waals surface area (Å²) in [7, 11) is 0. The maximum absolute atomic E-state index is 13.2. The van der Waals surface area contributed by atoms with Gasteiger partial charge in [-0.15, -0.1) is 0 Å². The van der Waals surface area contributed by atoms with E-state index in [1.54, 1.807) is 6.07 Å². The Morgan fingerprint density at radius 1 is 1.42 bits per heavy atom. The average Bonchev–Trinajstić information content (AvgIpc) is 2.38. The molecule has 1 heterocycles. The van der Waals surface area contributed by atoms with Crippen molar-refractivity contribution in [2.75, 3.05) is 18.0 Å². The number of benzene rings is 1. The maximum Gasteiger partial charge on any atom is 0.222 e. The van der Waals surface area contributed by atoms with Gasteiger partial charge in [-0.25, -0.2) is 4.39 Å². The molecule has 4 nitrogen and oxygen atoms in total. The lowest BCUT2D eigenvalue weighted by Crippen LogP contribution is -2.41. The number of Topliss-reactive ketones (excluding diaryl/α,β-unsaturated/α-hetero) is 1. The summed E-state index contributed by atoms with van der Waals surface area (Å²) in [6, 6.07) is 4.16. The van der Waals surface area contributed by atoms with E-state index in [1.807, 2.05) is 4.90 Å². The van der Waals surface area contributed by atoms with E-state index in [-0.39, 0.29) is 17.6 Å². The highest BCUT2D eigenvalue weighted by Gasteiger charge is 2.26. The molecular formula is C14H17FN2O2. The number of nitrogens with zero attached hydrogens (tertiary/aromatic N) is 1. The van der Waals surface area contributed by atoms with Gasteiger partial charge in [-0.1, -0.05) is 0 Å². The van der Waals surface area contributed by atoms with Crippen molar-refractivity contribution in [3.05, 3.63) is 29.6 Å². The van der Waals surface area contributed by atoms with Crippen molar-refractivity contribution in [1.29, 1.82) is 0 Å². The Kier molecular flexibility index (Phi) is 3.83. The summed E-state index contributed by atoms with van der Waals surface area (Å²) >= 11 is 0. The normalized spacial score (nSPS) is 19.3. The van der Waals surface area contributed by atoms with Crippen molar-refractivity contribution < 1.29 is 14.0 Å². The fraction of sp³-hybridized carbons (Fsp3) is 0.429. The molecule has 0 radical (unpaired) electrons. The highest BCUT2D eigenvalue weighted by molar-refractivity contribution is 5.99. The van der Waals surface area contributed by atoms with Crippen LogP contribution in [0.4, 0.5) is 10.1 Å². The van der Waals surface area contributed by atoms with Gasteiger partial charge in [-0.3, -0.25) is 9.59 Å². The third-order valence-electron chi connectivity index (χ3n) is 3.50. The first kappa shape index (κ1) is 13.5. The molecule has 1 fully saturated rings. The van der Waals surface area contributed by atoms with Crippen LogP contribution in [0.15, 0.2) is 18.2 Å². The molecule has 1 unspecified atom stereocenters. The largest absolute Gasteiger partial charge is 0.370 e. The average molecular weight is 264 g/mol. The van der Waals surface area contributed by atoms with Crippen molar-refractivity contribution in [2.24, 2.45) is 11.7 Å². The lowest BCUT2D eigenvalue weighted by molar-refractivity contribution is -0.122. The van der Waals surface area contributed by atoms with Gasteiger partial charge in [-0.2, -0.15) is 0 Å². The first-order valence-electron chi connectivity index (χ1n) is 6.34. The Labute approximate surface area is 111 Å². The summed E-state index contributed by atoms with van der Waals surface area (Å²) in [6.45, 7) is 2.64. The molecule has 1 atom stereocenters. The van der Waals surface area contributed by atoms with Crippen molar-refractivity contribution in [1.82, 2.24) is 0 Å². The van der Waals surface area contributed by atoms with Gasteiger partial charge in [0, 0.05) is 24.3 Å². The lowest BCUT2D eigenvalue weighted by atomic mass is 9.96. The van der Waals surface area contributed by atoms with E-state index < -0.39 is 5.82 Å². The van der Waals surface area contributed by atoms with Crippen molar-refractivity contribution >= 4 is 17.4 Å². The summed E-state index contributed by atoms with van der Waals surface area (Å²) in [6.07, 6.45) is 1.60. The number of halogens is 1. The molecule has 102 valence electrons. The van der Waals surface area contributed by atoms with Crippen molar-refractivity contribution in [3.8, 4) is 0 Å². The number of carbonyl (C=O) groups is 2. The fourth-order valence-corrected chi connectivity index (χ4v) is 2.49. The number of nitrogens with two attached hydrogens (primary N) is 1.